The summed E-state index contributed by atoms with van der Waals surface area (Å²) in [6, 6.07) is 18.8. The van der Waals surface area contributed by atoms with Crippen LogP contribution in [0.1, 0.15) is 77.6 Å². The highest BCUT2D eigenvalue weighted by atomic mass is 79.9. The van der Waals surface area contributed by atoms with Gasteiger partial charge in [-0.25, -0.2) is 43.1 Å². The Balaban J connectivity index is 0.000000202. The van der Waals surface area contributed by atoms with Crippen LogP contribution < -0.4 is 20.1 Å². The first-order chi connectivity index (χ1) is 32.2. The number of halogens is 3. The first-order valence-corrected chi connectivity index (χ1v) is 22.9. The lowest BCUT2D eigenvalue weighted by atomic mass is 10.1. The van der Waals surface area contributed by atoms with Gasteiger partial charge in [0.2, 0.25) is 11.9 Å². The van der Waals surface area contributed by atoms with Crippen molar-refractivity contribution in [1.82, 2.24) is 29.7 Å². The normalized spacial score (nSPS) is 14.7. The van der Waals surface area contributed by atoms with E-state index in [1.54, 1.807) is 46.3 Å². The SMILES string of the molecule is CC(C)(C)OC(=O)N1CCC(Oc2cc3nc(Nc4cccc(F)c4)ncc3cc2Br)CC1.CC(C)(C)OC(=O)N1CCC(Oc2cc3nc(Nc4cccc(F)c4)ncc3cc2C(=O)O)CC1. The Bertz CT molecular complexity index is 2790. The highest BCUT2D eigenvalue weighted by Crippen LogP contribution is 2.33. The van der Waals surface area contributed by atoms with Crippen LogP contribution in [0.15, 0.2) is 89.7 Å². The van der Waals surface area contributed by atoms with Gasteiger partial charge >= 0.3 is 18.2 Å². The summed E-state index contributed by atoms with van der Waals surface area (Å²) in [5.41, 5.74) is 1.15. The number of benzene rings is 4. The molecule has 2 amide bonds. The molecular formula is C49H53BrF2N8O8. The van der Waals surface area contributed by atoms with Crippen molar-refractivity contribution < 1.29 is 47.2 Å². The van der Waals surface area contributed by atoms with Gasteiger partial charge in [-0.15, -0.1) is 0 Å². The molecule has 68 heavy (non-hydrogen) atoms. The van der Waals surface area contributed by atoms with E-state index >= 15 is 0 Å². The number of anilines is 4. The molecule has 2 aliphatic rings. The number of ether oxygens (including phenoxy) is 4. The monoisotopic (exact) mass is 998 g/mol. The lowest BCUT2D eigenvalue weighted by Crippen LogP contribution is -2.44. The molecule has 0 saturated carbocycles. The Morgan fingerprint density at radius 3 is 1.50 bits per heavy atom. The Labute approximate surface area is 400 Å². The van der Waals surface area contributed by atoms with Crippen LogP contribution >= 0.6 is 15.9 Å². The molecule has 0 unspecified atom stereocenters. The van der Waals surface area contributed by atoms with Gasteiger partial charge < -0.3 is 44.5 Å². The van der Waals surface area contributed by atoms with Gasteiger partial charge in [0.1, 0.15) is 52.1 Å². The second-order valence-corrected chi connectivity index (χ2v) is 19.1. The molecule has 8 rings (SSSR count). The van der Waals surface area contributed by atoms with Crippen molar-refractivity contribution in [2.45, 2.75) is 90.6 Å². The highest BCUT2D eigenvalue weighted by Gasteiger charge is 2.30. The molecule has 2 fully saturated rings. The zero-order valence-electron chi connectivity index (χ0n) is 38.5. The number of carboxylic acids is 1. The molecule has 2 saturated heterocycles. The number of hydrogen-bond donors (Lipinski definition) is 3. The van der Waals surface area contributed by atoms with Gasteiger partial charge in [0.05, 0.1) is 15.5 Å². The Morgan fingerprint density at radius 1 is 0.647 bits per heavy atom. The fraction of sp³-hybridized carbons (Fsp3) is 0.367. The molecular weight excluding hydrogens is 946 g/mol. The summed E-state index contributed by atoms with van der Waals surface area (Å²) in [5, 5.41) is 17.0. The third kappa shape index (κ3) is 13.6. The van der Waals surface area contributed by atoms with E-state index in [0.29, 0.717) is 91.4 Å². The van der Waals surface area contributed by atoms with Crippen LogP contribution in [0.3, 0.4) is 0 Å². The molecule has 0 spiro atoms. The van der Waals surface area contributed by atoms with Crippen LogP contribution in [-0.2, 0) is 9.47 Å². The topological polar surface area (TPSA) is 190 Å². The average molecular weight is 1000 g/mol. The average Bonchev–Trinajstić information content (AvgIpc) is 3.26. The molecule has 19 heteroatoms. The fourth-order valence-corrected chi connectivity index (χ4v) is 7.74. The number of aromatic nitrogens is 4. The van der Waals surface area contributed by atoms with E-state index in [-0.39, 0.29) is 47.5 Å². The Morgan fingerprint density at radius 2 is 1.07 bits per heavy atom. The van der Waals surface area contributed by atoms with Crippen LogP contribution in [-0.4, -0.2) is 103 Å². The lowest BCUT2D eigenvalue weighted by molar-refractivity contribution is 0.0114. The predicted octanol–water partition coefficient (Wildman–Crippen LogP) is 11.0. The summed E-state index contributed by atoms with van der Waals surface area (Å²) < 4.78 is 50.9. The number of hydrogen-bond acceptors (Lipinski definition) is 13. The predicted molar refractivity (Wildman–Crippen MR) is 256 cm³/mol. The van der Waals surface area contributed by atoms with Crippen molar-refractivity contribution in [1.29, 1.82) is 0 Å². The van der Waals surface area contributed by atoms with E-state index in [1.807, 2.05) is 53.7 Å². The first-order valence-electron chi connectivity index (χ1n) is 22.1. The molecule has 2 aromatic heterocycles. The minimum atomic E-state index is -1.13. The number of nitrogens with one attached hydrogen (secondary N) is 2. The molecule has 0 bridgehead atoms. The molecule has 2 aliphatic heterocycles. The first kappa shape index (κ1) is 49.0. The van der Waals surface area contributed by atoms with E-state index in [4.69, 9.17) is 18.9 Å². The van der Waals surface area contributed by atoms with Gasteiger partial charge in [-0.3, -0.25) is 0 Å². The minimum Gasteiger partial charge on any atom is -0.489 e. The quantitative estimate of drug-likeness (QED) is 0.124. The van der Waals surface area contributed by atoms with E-state index < -0.39 is 23.0 Å². The third-order valence-electron chi connectivity index (χ3n) is 10.5. The van der Waals surface area contributed by atoms with E-state index in [0.717, 1.165) is 9.86 Å². The molecule has 3 N–H and O–H groups in total. The Hall–Kier alpha value is -6.89. The molecule has 6 aromatic rings. The lowest BCUT2D eigenvalue weighted by Gasteiger charge is -2.33. The fourth-order valence-electron chi connectivity index (χ4n) is 7.28. The van der Waals surface area contributed by atoms with Crippen molar-refractivity contribution >= 4 is 79.2 Å². The van der Waals surface area contributed by atoms with Crippen molar-refractivity contribution in [2.24, 2.45) is 0 Å². The largest absolute Gasteiger partial charge is 0.489 e. The molecule has 0 radical (unpaired) electrons. The van der Waals surface area contributed by atoms with Crippen LogP contribution in [0, 0.1) is 11.6 Å². The van der Waals surface area contributed by atoms with Crippen molar-refractivity contribution in [2.75, 3.05) is 36.8 Å². The smallest absolute Gasteiger partial charge is 0.410 e. The van der Waals surface area contributed by atoms with Crippen LogP contribution in [0.25, 0.3) is 21.8 Å². The van der Waals surface area contributed by atoms with Crippen LogP contribution in [0.2, 0.25) is 0 Å². The second-order valence-electron chi connectivity index (χ2n) is 18.3. The van der Waals surface area contributed by atoms with Gasteiger partial charge in [0.15, 0.2) is 0 Å². The summed E-state index contributed by atoms with van der Waals surface area (Å²) in [6.45, 7) is 13.1. The van der Waals surface area contributed by atoms with Crippen LogP contribution in [0.5, 0.6) is 11.5 Å². The maximum atomic E-state index is 13.5. The number of piperidine rings is 2. The number of carbonyl (C=O) groups excluding carboxylic acids is 2. The standard InChI is InChI=1S/C25H27FN4O5.C24H26BrFN4O3/c1-25(2,3)35-24(33)30-9-7-18(8-10-30)34-21-13-20-15(11-19(21)22(31)32)14-27-23(29-20)28-17-6-4-5-16(26)12-17;1-24(2,3)33-23(31)30-9-7-18(8-10-30)32-21-13-20-15(11-19(21)25)14-27-22(29-20)28-17-6-4-5-16(26)12-17/h4-6,11-14,18H,7-10H2,1-3H3,(H,31,32)(H,27,28,29);4-6,11-14,18H,7-10H2,1-3H3,(H,27,28,29). The van der Waals surface area contributed by atoms with E-state index in [2.05, 4.69) is 46.5 Å². The second kappa shape index (κ2) is 21.0. The maximum absolute atomic E-state index is 13.5. The third-order valence-corrected chi connectivity index (χ3v) is 11.1. The number of rotatable bonds is 9. The number of nitrogens with zero attached hydrogens (tertiary/aromatic N) is 6. The molecule has 358 valence electrons. The summed E-state index contributed by atoms with van der Waals surface area (Å²) in [7, 11) is 0. The van der Waals surface area contributed by atoms with E-state index in [9.17, 15) is 28.3 Å². The number of likely N-dealkylation sites (tertiary alicyclic amines) is 2. The van der Waals surface area contributed by atoms with Crippen LogP contribution in [0.4, 0.5) is 41.6 Å². The van der Waals surface area contributed by atoms with Crippen molar-refractivity contribution in [3.05, 3.63) is 107 Å². The maximum Gasteiger partial charge on any atom is 0.410 e. The zero-order chi connectivity index (χ0) is 48.8. The van der Waals surface area contributed by atoms with Crippen molar-refractivity contribution in [3.8, 4) is 11.5 Å². The highest BCUT2D eigenvalue weighted by molar-refractivity contribution is 9.10. The molecule has 0 aliphatic carbocycles. The Kier molecular flexibility index (Phi) is 15.1. The number of aromatic carboxylic acids is 1. The number of fused-ring (bicyclic) bond motifs is 2. The van der Waals surface area contributed by atoms with Crippen molar-refractivity contribution in [3.63, 3.8) is 0 Å². The number of amides is 2. The molecule has 0 atom stereocenters. The van der Waals surface area contributed by atoms with Gasteiger partial charge in [-0.2, -0.15) is 0 Å². The van der Waals surface area contributed by atoms with Gasteiger partial charge in [0.25, 0.3) is 0 Å². The van der Waals surface area contributed by atoms with Gasteiger partial charge in [-0.1, -0.05) is 12.1 Å². The summed E-state index contributed by atoms with van der Waals surface area (Å²) in [4.78, 5) is 57.3. The molecule has 4 aromatic carbocycles. The van der Waals surface area contributed by atoms with E-state index in [1.165, 1.54) is 36.5 Å². The number of carboxylic acid groups (broad SMARTS) is 1. The summed E-state index contributed by atoms with van der Waals surface area (Å²) in [5.74, 6) is -0.386. The number of carbonyl (C=O) groups is 3. The summed E-state index contributed by atoms with van der Waals surface area (Å²) in [6.07, 6.45) is 4.74. The summed E-state index contributed by atoms with van der Waals surface area (Å²) >= 11 is 3.57. The zero-order valence-corrected chi connectivity index (χ0v) is 40.1. The minimum absolute atomic E-state index is 0.00140. The van der Waals surface area contributed by atoms with Gasteiger partial charge in [-0.05, 0) is 106 Å². The molecule has 4 heterocycles. The van der Waals surface area contributed by atoms with Gasteiger partial charge in [0, 0.05) is 98.5 Å². The molecule has 16 nitrogen and oxygen atoms in total.